The second kappa shape index (κ2) is 7.78. The summed E-state index contributed by atoms with van der Waals surface area (Å²) in [6.07, 6.45) is 3.35. The van der Waals surface area contributed by atoms with Crippen LogP contribution in [0, 0.1) is 11.7 Å². The lowest BCUT2D eigenvalue weighted by molar-refractivity contribution is -0.206. The Kier molecular flexibility index (Phi) is 5.88. The fourth-order valence-electron chi connectivity index (χ4n) is 2.62. The molecule has 0 unspecified atom stereocenters. The highest BCUT2D eigenvalue weighted by Gasteiger charge is 2.29. The van der Waals surface area contributed by atoms with Gasteiger partial charge >= 0.3 is 0 Å². The van der Waals surface area contributed by atoms with E-state index < -0.39 is 5.82 Å². The normalized spacial score (nSPS) is 16.8. The molecule has 0 atom stereocenters. The van der Waals surface area contributed by atoms with E-state index in [1.807, 2.05) is 14.1 Å². The number of thiol groups is 1. The molecule has 0 spiro atoms. The van der Waals surface area contributed by atoms with Gasteiger partial charge in [0.15, 0.2) is 5.82 Å². The van der Waals surface area contributed by atoms with Gasteiger partial charge in [-0.1, -0.05) is 24.4 Å². The summed E-state index contributed by atoms with van der Waals surface area (Å²) >= 11 is 11.5. The number of halogens is 2. The highest BCUT2D eigenvalue weighted by atomic mass is 35.5. The monoisotopic (exact) mass is 406 g/mol. The van der Waals surface area contributed by atoms with Gasteiger partial charge in [0.1, 0.15) is 0 Å². The molecule has 1 fully saturated rings. The zero-order valence-corrected chi connectivity index (χ0v) is 16.3. The van der Waals surface area contributed by atoms with Gasteiger partial charge in [-0.3, -0.25) is 0 Å². The lowest BCUT2D eigenvalue weighted by atomic mass is 9.98. The van der Waals surface area contributed by atoms with Crippen molar-refractivity contribution in [2.24, 2.45) is 11.8 Å². The van der Waals surface area contributed by atoms with Gasteiger partial charge < -0.3 is 9.80 Å². The first-order valence-corrected chi connectivity index (χ1v) is 9.09. The third-order valence-electron chi connectivity index (χ3n) is 3.75. The lowest BCUT2D eigenvalue weighted by Crippen LogP contribution is -2.50. The van der Waals surface area contributed by atoms with Gasteiger partial charge in [0.25, 0.3) is 0 Å². The number of anilines is 2. The molecule has 2 aliphatic heterocycles. The highest BCUT2D eigenvalue weighted by molar-refractivity contribution is 8.09. The van der Waals surface area contributed by atoms with Crippen molar-refractivity contribution in [2.45, 2.75) is 0 Å². The van der Waals surface area contributed by atoms with E-state index in [0.29, 0.717) is 16.6 Å². The molecule has 0 aliphatic carbocycles. The lowest BCUT2D eigenvalue weighted by Gasteiger charge is -2.42. The molecule has 3 rings (SSSR count). The van der Waals surface area contributed by atoms with Gasteiger partial charge in [0.2, 0.25) is 0 Å². The average molecular weight is 407 g/mol. The molecule has 0 aromatic heterocycles. The molecule has 7 nitrogen and oxygen atoms in total. The summed E-state index contributed by atoms with van der Waals surface area (Å²) < 4.78 is 16.7. The molecule has 0 saturated carbocycles. The number of benzene rings is 1. The maximum atomic E-state index is 14.5. The van der Waals surface area contributed by atoms with Gasteiger partial charge in [-0.05, 0) is 24.7 Å². The number of hydroxylamine groups is 2. The summed E-state index contributed by atoms with van der Waals surface area (Å²) in [6.45, 7) is 2.74. The van der Waals surface area contributed by atoms with Crippen LogP contribution in [-0.2, 0) is 4.94 Å². The van der Waals surface area contributed by atoms with Crippen molar-refractivity contribution in [1.82, 2.24) is 14.5 Å². The smallest absolute Gasteiger partial charge is 0.150 e. The molecule has 1 saturated heterocycles. The highest BCUT2D eigenvalue weighted by Crippen LogP contribution is 2.38. The van der Waals surface area contributed by atoms with E-state index in [0.717, 1.165) is 36.3 Å². The first-order chi connectivity index (χ1) is 11.8. The predicted molar refractivity (Wildman–Crippen MR) is 103 cm³/mol. The minimum Gasteiger partial charge on any atom is -0.369 e. The minimum atomic E-state index is -0.434. The number of hydrogen-bond acceptors (Lipinski definition) is 9. The molecule has 25 heavy (non-hydrogen) atoms. The Hall–Kier alpha value is -0.880. The van der Waals surface area contributed by atoms with E-state index in [2.05, 4.69) is 22.6 Å². The van der Waals surface area contributed by atoms with E-state index >= 15 is 0 Å². The molecular weight excluding hydrogens is 387 g/mol. The van der Waals surface area contributed by atoms with Gasteiger partial charge in [0, 0.05) is 31.6 Å². The quantitative estimate of drug-likeness (QED) is 0.295. The van der Waals surface area contributed by atoms with E-state index in [1.54, 1.807) is 12.4 Å². The number of hydrogen-bond donors (Lipinski definition) is 2. The number of nitrogens with two attached hydrogens (primary N) is 1. The second-order valence-electron chi connectivity index (χ2n) is 6.17. The Morgan fingerprint density at radius 1 is 1.40 bits per heavy atom. The fourth-order valence-corrected chi connectivity index (χ4v) is 3.76. The molecule has 0 amide bonds. The van der Waals surface area contributed by atoms with Crippen LogP contribution in [0.3, 0.4) is 0 Å². The summed E-state index contributed by atoms with van der Waals surface area (Å²) in [7, 11) is 4.09. The van der Waals surface area contributed by atoms with Gasteiger partial charge in [0.05, 0.1) is 40.9 Å². The van der Waals surface area contributed by atoms with Crippen molar-refractivity contribution in [2.75, 3.05) is 42.3 Å². The number of hydrazine groups is 1. The summed E-state index contributed by atoms with van der Waals surface area (Å²) in [5.74, 6) is 5.77. The topological polar surface area (TPSA) is 51.2 Å². The minimum absolute atomic E-state index is 0.199. The van der Waals surface area contributed by atoms with Crippen LogP contribution >= 0.6 is 36.5 Å². The maximum absolute atomic E-state index is 14.5. The Balaban J connectivity index is 1.61. The third-order valence-corrected chi connectivity index (χ3v) is 5.06. The van der Waals surface area contributed by atoms with Crippen LogP contribution in [0.25, 0.3) is 0 Å². The maximum Gasteiger partial charge on any atom is 0.150 e. The van der Waals surface area contributed by atoms with Crippen molar-refractivity contribution in [3.63, 3.8) is 0 Å². The molecule has 0 radical (unpaired) electrons. The largest absolute Gasteiger partial charge is 0.369 e. The summed E-state index contributed by atoms with van der Waals surface area (Å²) in [5.41, 5.74) is 0.893. The molecule has 1 aromatic carbocycles. The second-order valence-corrected chi connectivity index (χ2v) is 8.13. The number of nitrogens with zero attached hydrogens (tertiary/aromatic N) is 5. The molecule has 2 heterocycles. The molecule has 11 heteroatoms. The summed E-state index contributed by atoms with van der Waals surface area (Å²) in [5, 5.41) is 1.87. The standard InChI is InChI=1S/C14H20ClFN6OS2/c1-18(2)7-10-8-19(9-10)13-6-12(16)14(5-11(13)15)21(24)25-22(17)23-20-3-4-20/h3-6,10,24H,7-9,17H2,1-2H3. The predicted octanol–water partition coefficient (Wildman–Crippen LogP) is 2.50. The first kappa shape index (κ1) is 18.9. The summed E-state index contributed by atoms with van der Waals surface area (Å²) in [4.78, 5) is 9.32. The zero-order valence-electron chi connectivity index (χ0n) is 13.8. The van der Waals surface area contributed by atoms with Crippen LogP contribution in [0.2, 0.25) is 5.02 Å². The van der Waals surface area contributed by atoms with Gasteiger partial charge in [-0.15, -0.1) is 4.94 Å². The van der Waals surface area contributed by atoms with Crippen LogP contribution < -0.4 is 14.5 Å². The van der Waals surface area contributed by atoms with E-state index in [-0.39, 0.29) is 5.69 Å². The Morgan fingerprint density at radius 2 is 2.08 bits per heavy atom. The van der Waals surface area contributed by atoms with Crippen LogP contribution in [0.4, 0.5) is 15.8 Å². The Morgan fingerprint density at radius 3 is 2.68 bits per heavy atom. The van der Waals surface area contributed by atoms with E-state index in [4.69, 9.17) is 22.4 Å². The van der Waals surface area contributed by atoms with E-state index in [9.17, 15) is 4.39 Å². The van der Waals surface area contributed by atoms with Crippen LogP contribution in [0.1, 0.15) is 0 Å². The number of rotatable bonds is 8. The van der Waals surface area contributed by atoms with Crippen molar-refractivity contribution in [3.8, 4) is 0 Å². The third kappa shape index (κ3) is 4.85. The molecule has 1 aromatic rings. The molecule has 2 N–H and O–H groups in total. The SMILES string of the molecule is CN(C)CC1CN(c2cc(F)c(N(S)SN(N)ON3C=C3)cc2Cl)C1. The van der Waals surface area contributed by atoms with Gasteiger partial charge in [-0.2, -0.15) is 0 Å². The summed E-state index contributed by atoms with van der Waals surface area (Å²) in [6, 6.07) is 2.97. The van der Waals surface area contributed by atoms with Crippen LogP contribution in [0.15, 0.2) is 24.5 Å². The molecular formula is C14H20ClFN6OS2. The first-order valence-electron chi connectivity index (χ1n) is 7.59. The fraction of sp³-hybridized carbons (Fsp3) is 0.429. The molecule has 2 aliphatic rings. The molecule has 0 bridgehead atoms. The van der Waals surface area contributed by atoms with E-state index in [1.165, 1.54) is 20.9 Å². The van der Waals surface area contributed by atoms with Crippen LogP contribution in [-0.4, -0.2) is 48.3 Å². The Labute approximate surface area is 161 Å². The average Bonchev–Trinajstić information content (AvgIpc) is 3.28. The van der Waals surface area contributed by atoms with Crippen molar-refractivity contribution in [3.05, 3.63) is 35.4 Å². The van der Waals surface area contributed by atoms with Crippen molar-refractivity contribution < 1.29 is 9.33 Å². The van der Waals surface area contributed by atoms with Crippen LogP contribution in [0.5, 0.6) is 0 Å². The molecule has 138 valence electrons. The van der Waals surface area contributed by atoms with Crippen molar-refractivity contribution in [1.29, 1.82) is 0 Å². The van der Waals surface area contributed by atoms with Gasteiger partial charge in [-0.25, -0.2) is 19.0 Å². The Bertz CT molecular complexity index is 654. The zero-order chi connectivity index (χ0) is 18.1. The van der Waals surface area contributed by atoms with Crippen molar-refractivity contribution >= 4 is 47.9 Å².